The van der Waals surface area contributed by atoms with Crippen LogP contribution in [0.15, 0.2) is 37.1 Å². The molecule has 4 nitrogen and oxygen atoms in total. The molecule has 0 heterocycles. The number of anilines is 2. The second kappa shape index (κ2) is 9.46. The second-order valence-electron chi connectivity index (χ2n) is 7.12. The topological polar surface area (TPSA) is 53.2 Å². The number of hydrogen-bond acceptors (Lipinski definition) is 3. The zero-order valence-corrected chi connectivity index (χ0v) is 16.5. The van der Waals surface area contributed by atoms with Gasteiger partial charge in [-0.25, -0.2) is 0 Å². The molecule has 1 aromatic rings. The van der Waals surface area contributed by atoms with Gasteiger partial charge in [0.25, 0.3) is 0 Å². The third-order valence-corrected chi connectivity index (χ3v) is 5.11. The maximum atomic E-state index is 12.7. The highest BCUT2D eigenvalue weighted by Gasteiger charge is 2.28. The summed E-state index contributed by atoms with van der Waals surface area (Å²) < 4.78 is 0. The molecular weight excluding hydrogens is 322 g/mol. The number of rotatable bonds is 10. The number of carbonyl (C=O) groups excluding carboxylic acids is 1. The Kier molecular flexibility index (Phi) is 7.31. The van der Waals surface area contributed by atoms with Crippen LogP contribution >= 0.6 is 0 Å². The van der Waals surface area contributed by atoms with Crippen LogP contribution in [-0.4, -0.2) is 19.0 Å². The van der Waals surface area contributed by atoms with Gasteiger partial charge in [-0.05, 0) is 49.0 Å². The Morgan fingerprint density at radius 2 is 1.96 bits per heavy atom. The zero-order valence-electron chi connectivity index (χ0n) is 16.5. The molecule has 0 saturated carbocycles. The molecule has 1 unspecified atom stereocenters. The fourth-order valence-electron chi connectivity index (χ4n) is 3.84. The molecule has 2 rings (SSSR count). The molecule has 0 saturated heterocycles. The van der Waals surface area contributed by atoms with Gasteiger partial charge in [0.1, 0.15) is 0 Å². The van der Waals surface area contributed by atoms with E-state index < -0.39 is 0 Å². The second-order valence-corrected chi connectivity index (χ2v) is 7.12. The largest absolute Gasteiger partial charge is 0.386 e. The fraction of sp³-hybridized carbons (Fsp3) is 0.500. The smallest absolute Gasteiger partial charge is 0.223 e. The number of allylic oxidation sites excluding steroid dienone is 1. The molecule has 1 aliphatic rings. The van der Waals surface area contributed by atoms with Crippen LogP contribution in [0, 0.1) is 5.92 Å². The standard InChI is InChI=1S/C22H33N3O/c1-6-9-16(10-7-2)22(26)25-18-13-17-11-12-20(24-15(4)8-3)21(23-5)19(17)14-18/h8,11-12,16,18,23-24H,3-4,6-7,9-10,13-14H2,1-2,5H3,(H,25,26). The number of amides is 1. The van der Waals surface area contributed by atoms with Gasteiger partial charge < -0.3 is 16.0 Å². The monoisotopic (exact) mass is 355 g/mol. The Hall–Kier alpha value is -2.23. The Morgan fingerprint density at radius 1 is 1.27 bits per heavy atom. The van der Waals surface area contributed by atoms with Crippen molar-refractivity contribution in [2.24, 2.45) is 5.92 Å². The summed E-state index contributed by atoms with van der Waals surface area (Å²) >= 11 is 0. The summed E-state index contributed by atoms with van der Waals surface area (Å²) in [4.78, 5) is 12.7. The van der Waals surface area contributed by atoms with Gasteiger partial charge in [0.2, 0.25) is 5.91 Å². The Morgan fingerprint density at radius 3 is 2.54 bits per heavy atom. The number of fused-ring (bicyclic) bond motifs is 1. The zero-order chi connectivity index (χ0) is 19.1. The van der Waals surface area contributed by atoms with Crippen LogP contribution in [0.3, 0.4) is 0 Å². The Bertz CT molecular complexity index is 660. The Labute approximate surface area is 158 Å². The van der Waals surface area contributed by atoms with Crippen molar-refractivity contribution in [3.8, 4) is 0 Å². The van der Waals surface area contributed by atoms with E-state index in [1.54, 1.807) is 6.08 Å². The molecule has 1 atom stereocenters. The first kappa shape index (κ1) is 20.1. The van der Waals surface area contributed by atoms with Gasteiger partial charge in [-0.15, -0.1) is 0 Å². The van der Waals surface area contributed by atoms with Gasteiger partial charge >= 0.3 is 0 Å². The van der Waals surface area contributed by atoms with Crippen LogP contribution in [0.5, 0.6) is 0 Å². The minimum absolute atomic E-state index is 0.144. The average molecular weight is 356 g/mol. The molecule has 0 bridgehead atoms. The molecular formula is C22H33N3O. The van der Waals surface area contributed by atoms with E-state index in [0.717, 1.165) is 55.6 Å². The third kappa shape index (κ3) is 4.69. The highest BCUT2D eigenvalue weighted by atomic mass is 16.1. The van der Waals surface area contributed by atoms with Crippen molar-refractivity contribution in [3.63, 3.8) is 0 Å². The molecule has 142 valence electrons. The summed E-state index contributed by atoms with van der Waals surface area (Å²) in [5, 5.41) is 9.90. The lowest BCUT2D eigenvalue weighted by Crippen LogP contribution is -2.39. The molecule has 1 aliphatic carbocycles. The minimum atomic E-state index is 0.144. The molecule has 4 heteroatoms. The van der Waals surface area contributed by atoms with Gasteiger partial charge in [0.15, 0.2) is 0 Å². The summed E-state index contributed by atoms with van der Waals surface area (Å²) in [6.45, 7) is 12.0. The first-order valence-electron chi connectivity index (χ1n) is 9.75. The quantitative estimate of drug-likeness (QED) is 0.536. The fourth-order valence-corrected chi connectivity index (χ4v) is 3.84. The van der Waals surface area contributed by atoms with Gasteiger partial charge in [-0.1, -0.05) is 45.9 Å². The van der Waals surface area contributed by atoms with Crippen molar-refractivity contribution in [3.05, 3.63) is 48.2 Å². The van der Waals surface area contributed by atoms with Gasteiger partial charge in [0, 0.05) is 24.7 Å². The van der Waals surface area contributed by atoms with Crippen LogP contribution in [0.25, 0.3) is 0 Å². The van der Waals surface area contributed by atoms with E-state index in [0.29, 0.717) is 0 Å². The number of benzene rings is 1. The highest BCUT2D eigenvalue weighted by molar-refractivity contribution is 5.80. The van der Waals surface area contributed by atoms with E-state index >= 15 is 0 Å². The van der Waals surface area contributed by atoms with Crippen LogP contribution < -0.4 is 16.0 Å². The molecule has 0 aliphatic heterocycles. The third-order valence-electron chi connectivity index (χ3n) is 5.11. The molecule has 1 aromatic carbocycles. The highest BCUT2D eigenvalue weighted by Crippen LogP contribution is 2.35. The number of carbonyl (C=O) groups is 1. The molecule has 0 spiro atoms. The van der Waals surface area contributed by atoms with E-state index in [9.17, 15) is 4.79 Å². The van der Waals surface area contributed by atoms with E-state index in [1.807, 2.05) is 7.05 Å². The lowest BCUT2D eigenvalue weighted by Gasteiger charge is -2.19. The van der Waals surface area contributed by atoms with Gasteiger partial charge in [-0.2, -0.15) is 0 Å². The summed E-state index contributed by atoms with van der Waals surface area (Å²) in [7, 11) is 1.93. The lowest BCUT2D eigenvalue weighted by molar-refractivity contribution is -0.126. The Balaban J connectivity index is 2.11. The summed E-state index contributed by atoms with van der Waals surface area (Å²) in [6.07, 6.45) is 7.50. The summed E-state index contributed by atoms with van der Waals surface area (Å²) in [5.41, 5.74) is 5.43. The van der Waals surface area contributed by atoms with Crippen LogP contribution in [-0.2, 0) is 17.6 Å². The summed E-state index contributed by atoms with van der Waals surface area (Å²) in [6, 6.07) is 4.40. The van der Waals surface area contributed by atoms with E-state index in [4.69, 9.17) is 0 Å². The number of hydrogen-bond donors (Lipinski definition) is 3. The SMILES string of the molecule is C=CC(=C)Nc1ccc2c(c1NC)CC(NC(=O)C(CCC)CCC)C2. The van der Waals surface area contributed by atoms with E-state index in [-0.39, 0.29) is 17.9 Å². The molecule has 1 amide bonds. The molecule has 26 heavy (non-hydrogen) atoms. The van der Waals surface area contributed by atoms with Gasteiger partial charge in [0.05, 0.1) is 11.4 Å². The molecule has 0 radical (unpaired) electrons. The normalized spacial score (nSPS) is 15.5. The lowest BCUT2D eigenvalue weighted by atomic mass is 9.97. The van der Waals surface area contributed by atoms with Crippen molar-refractivity contribution in [1.29, 1.82) is 0 Å². The predicted molar refractivity (Wildman–Crippen MR) is 112 cm³/mol. The summed E-state index contributed by atoms with van der Waals surface area (Å²) in [5.74, 6) is 0.363. The number of nitrogens with one attached hydrogen (secondary N) is 3. The molecule has 0 fully saturated rings. The molecule has 3 N–H and O–H groups in total. The van der Waals surface area contributed by atoms with Crippen molar-refractivity contribution in [2.45, 2.75) is 58.4 Å². The van der Waals surface area contributed by atoms with Crippen LogP contribution in [0.2, 0.25) is 0 Å². The van der Waals surface area contributed by atoms with E-state index in [1.165, 1.54) is 11.1 Å². The maximum Gasteiger partial charge on any atom is 0.223 e. The minimum Gasteiger partial charge on any atom is -0.386 e. The van der Waals surface area contributed by atoms with Crippen LogP contribution in [0.4, 0.5) is 11.4 Å². The first-order chi connectivity index (χ1) is 12.5. The van der Waals surface area contributed by atoms with Gasteiger partial charge in [-0.3, -0.25) is 4.79 Å². The van der Waals surface area contributed by atoms with Crippen molar-refractivity contribution < 1.29 is 4.79 Å². The maximum absolute atomic E-state index is 12.7. The van der Waals surface area contributed by atoms with Crippen LogP contribution in [0.1, 0.15) is 50.7 Å². The predicted octanol–water partition coefficient (Wildman–Crippen LogP) is 4.64. The van der Waals surface area contributed by atoms with Crippen molar-refractivity contribution in [1.82, 2.24) is 5.32 Å². The van der Waals surface area contributed by atoms with Crippen molar-refractivity contribution >= 4 is 17.3 Å². The first-order valence-corrected chi connectivity index (χ1v) is 9.75. The van der Waals surface area contributed by atoms with Crippen molar-refractivity contribution in [2.75, 3.05) is 17.7 Å². The molecule has 0 aromatic heterocycles. The average Bonchev–Trinajstić information content (AvgIpc) is 3.03. The van der Waals surface area contributed by atoms with E-state index in [2.05, 4.69) is 55.1 Å².